The molecule has 3 unspecified atom stereocenters. The van der Waals surface area contributed by atoms with Crippen LogP contribution in [-0.4, -0.2) is 28.7 Å². The number of fused-ring (bicyclic) bond motifs is 2. The molecule has 3 atom stereocenters. The van der Waals surface area contributed by atoms with Crippen LogP contribution in [0.5, 0.6) is 0 Å². The van der Waals surface area contributed by atoms with Crippen LogP contribution in [0, 0.1) is 11.8 Å². The average molecular weight is 414 g/mol. The Labute approximate surface area is 183 Å². The van der Waals surface area contributed by atoms with Crippen molar-refractivity contribution in [2.45, 2.75) is 30.8 Å². The Morgan fingerprint density at radius 1 is 0.871 bits per heavy atom. The number of piperidine rings is 1. The number of benzene rings is 3. The highest BCUT2D eigenvalue weighted by Gasteiger charge is 2.61. The van der Waals surface area contributed by atoms with E-state index in [4.69, 9.17) is 0 Å². The van der Waals surface area contributed by atoms with Crippen LogP contribution >= 0.6 is 0 Å². The van der Waals surface area contributed by atoms with Crippen LogP contribution in [0.25, 0.3) is 0 Å². The van der Waals surface area contributed by atoms with Crippen molar-refractivity contribution in [3.63, 3.8) is 0 Å². The predicted octanol–water partition coefficient (Wildman–Crippen LogP) is 4.90. The maximum atomic E-state index is 13.5. The Hall–Kier alpha value is -2.95. The van der Waals surface area contributed by atoms with E-state index in [1.54, 1.807) is 0 Å². The molecule has 1 saturated carbocycles. The summed E-state index contributed by atoms with van der Waals surface area (Å²) in [6.07, 6.45) is 2.13. The van der Waals surface area contributed by atoms with Gasteiger partial charge in [0.2, 0.25) is 0 Å². The third-order valence-corrected chi connectivity index (χ3v) is 7.29. The summed E-state index contributed by atoms with van der Waals surface area (Å²) in [6, 6.07) is 30.4. The number of rotatable bonds is 6. The first-order valence-electron chi connectivity index (χ1n) is 11.0. The van der Waals surface area contributed by atoms with Gasteiger partial charge in [-0.2, -0.15) is 5.26 Å². The van der Waals surface area contributed by atoms with E-state index in [1.165, 1.54) is 5.56 Å². The molecule has 1 N–H and O–H groups in total. The summed E-state index contributed by atoms with van der Waals surface area (Å²) in [6.45, 7) is 1.82. The highest BCUT2D eigenvalue weighted by molar-refractivity contribution is 5.88. The van der Waals surface area contributed by atoms with Crippen molar-refractivity contribution >= 4 is 5.97 Å². The van der Waals surface area contributed by atoms with Crippen LogP contribution in [0.3, 0.4) is 0 Å². The SMILES string of the molecule is O=C(OO)C(c1ccccc1)(c1ccccc1)C1C2CCC1N(Cc1ccccc1)C2. The first-order chi connectivity index (χ1) is 15.2. The Kier molecular flexibility index (Phi) is 5.34. The first-order valence-corrected chi connectivity index (χ1v) is 11.0. The smallest absolute Gasteiger partial charge is 0.300 e. The highest BCUT2D eigenvalue weighted by atomic mass is 17.1. The Morgan fingerprint density at radius 2 is 1.42 bits per heavy atom. The molecular weight excluding hydrogens is 386 g/mol. The van der Waals surface area contributed by atoms with Gasteiger partial charge in [-0.1, -0.05) is 91.0 Å². The Balaban J connectivity index is 1.63. The van der Waals surface area contributed by atoms with Gasteiger partial charge in [-0.25, -0.2) is 4.79 Å². The quantitative estimate of drug-likeness (QED) is 0.461. The summed E-state index contributed by atoms with van der Waals surface area (Å²) < 4.78 is 0. The fourth-order valence-electron chi connectivity index (χ4n) is 6.15. The lowest BCUT2D eigenvalue weighted by atomic mass is 9.62. The van der Waals surface area contributed by atoms with Crippen molar-refractivity contribution in [1.82, 2.24) is 4.90 Å². The molecule has 1 aliphatic carbocycles. The molecule has 0 amide bonds. The topological polar surface area (TPSA) is 49.8 Å². The molecule has 0 radical (unpaired) electrons. The fourth-order valence-corrected chi connectivity index (χ4v) is 6.15. The lowest BCUT2D eigenvalue weighted by Gasteiger charge is -2.39. The second-order valence-corrected chi connectivity index (χ2v) is 8.76. The van der Waals surface area contributed by atoms with Gasteiger partial charge in [-0.3, -0.25) is 9.79 Å². The standard InChI is InChI=1S/C27H27NO3/c29-26(31-30)27(22-12-6-2-7-13-22,23-14-8-3-9-15-23)25-21-16-17-24(25)28(19-21)18-20-10-4-1-5-11-20/h1-15,21,24-25,30H,16-19H2. The molecule has 2 aliphatic rings. The number of likely N-dealkylation sites (tertiary alicyclic amines) is 1. The Morgan fingerprint density at radius 3 is 1.97 bits per heavy atom. The van der Waals surface area contributed by atoms with Crippen LogP contribution in [0.4, 0.5) is 0 Å². The summed E-state index contributed by atoms with van der Waals surface area (Å²) in [5.41, 5.74) is 1.99. The van der Waals surface area contributed by atoms with Crippen molar-refractivity contribution in [2.75, 3.05) is 6.54 Å². The normalized spacial score (nSPS) is 23.1. The van der Waals surface area contributed by atoms with Gasteiger partial charge in [0.05, 0.1) is 0 Å². The van der Waals surface area contributed by atoms with E-state index in [1.807, 2.05) is 66.7 Å². The van der Waals surface area contributed by atoms with Gasteiger partial charge < -0.3 is 0 Å². The molecule has 5 rings (SSSR count). The van der Waals surface area contributed by atoms with Crippen molar-refractivity contribution in [3.8, 4) is 0 Å². The Bertz CT molecular complexity index is 983. The molecule has 31 heavy (non-hydrogen) atoms. The zero-order chi connectivity index (χ0) is 21.3. The van der Waals surface area contributed by atoms with Gasteiger partial charge >= 0.3 is 5.97 Å². The van der Waals surface area contributed by atoms with Gasteiger partial charge in [-0.15, -0.1) is 0 Å². The monoisotopic (exact) mass is 413 g/mol. The molecule has 4 nitrogen and oxygen atoms in total. The second kappa shape index (κ2) is 8.29. The van der Waals surface area contributed by atoms with E-state index in [-0.39, 0.29) is 12.0 Å². The predicted molar refractivity (Wildman–Crippen MR) is 119 cm³/mol. The van der Waals surface area contributed by atoms with Crippen LogP contribution in [0.1, 0.15) is 29.5 Å². The molecule has 4 heteroatoms. The minimum Gasteiger partial charge on any atom is -0.300 e. The summed E-state index contributed by atoms with van der Waals surface area (Å²) >= 11 is 0. The van der Waals surface area contributed by atoms with Crippen molar-refractivity contribution in [1.29, 1.82) is 0 Å². The maximum absolute atomic E-state index is 13.5. The third-order valence-electron chi connectivity index (χ3n) is 7.29. The molecule has 1 heterocycles. The number of hydrogen-bond donors (Lipinski definition) is 1. The molecule has 0 aromatic heterocycles. The molecule has 1 aliphatic heterocycles. The summed E-state index contributed by atoms with van der Waals surface area (Å²) in [5, 5.41) is 9.68. The first kappa shape index (κ1) is 20.0. The van der Waals surface area contributed by atoms with Gasteiger partial charge in [0.25, 0.3) is 0 Å². The highest BCUT2D eigenvalue weighted by Crippen LogP contribution is 2.55. The maximum Gasteiger partial charge on any atom is 0.357 e. The van der Waals surface area contributed by atoms with E-state index in [0.717, 1.165) is 37.1 Å². The summed E-state index contributed by atoms with van der Waals surface area (Å²) in [7, 11) is 0. The minimum absolute atomic E-state index is 0.0284. The van der Waals surface area contributed by atoms with Crippen molar-refractivity contribution in [3.05, 3.63) is 108 Å². The lowest BCUT2D eigenvalue weighted by molar-refractivity contribution is -0.241. The largest absolute Gasteiger partial charge is 0.357 e. The fraction of sp³-hybridized carbons (Fsp3) is 0.296. The molecule has 3 aromatic carbocycles. The molecule has 3 aromatic rings. The minimum atomic E-state index is -1.05. The molecule has 158 valence electrons. The lowest BCUT2D eigenvalue weighted by Crippen LogP contribution is -2.49. The zero-order valence-corrected chi connectivity index (χ0v) is 17.4. The molecule has 2 fully saturated rings. The van der Waals surface area contributed by atoms with Crippen molar-refractivity contribution in [2.24, 2.45) is 11.8 Å². The summed E-state index contributed by atoms with van der Waals surface area (Å²) in [5.74, 6) is -0.206. The number of nitrogens with zero attached hydrogens (tertiary/aromatic N) is 1. The summed E-state index contributed by atoms with van der Waals surface area (Å²) in [4.78, 5) is 20.6. The van der Waals surface area contributed by atoms with Crippen LogP contribution in [-0.2, 0) is 21.6 Å². The average Bonchev–Trinajstić information content (AvgIpc) is 3.40. The zero-order valence-electron chi connectivity index (χ0n) is 17.4. The van der Waals surface area contributed by atoms with Crippen LogP contribution in [0.15, 0.2) is 91.0 Å². The molecular formula is C27H27NO3. The van der Waals surface area contributed by atoms with Crippen LogP contribution in [0.2, 0.25) is 0 Å². The third kappa shape index (κ3) is 3.27. The van der Waals surface area contributed by atoms with E-state index in [2.05, 4.69) is 34.1 Å². The van der Waals surface area contributed by atoms with Crippen molar-refractivity contribution < 1.29 is 14.9 Å². The number of carbonyl (C=O) groups excluding carboxylic acids is 1. The van der Waals surface area contributed by atoms with Gasteiger partial charge in [0, 0.05) is 25.0 Å². The van der Waals surface area contributed by atoms with Crippen LogP contribution < -0.4 is 0 Å². The number of carbonyl (C=O) groups is 1. The molecule has 0 spiro atoms. The molecule has 2 bridgehead atoms. The van der Waals surface area contributed by atoms with E-state index >= 15 is 0 Å². The van der Waals surface area contributed by atoms with E-state index in [0.29, 0.717) is 5.92 Å². The van der Waals surface area contributed by atoms with E-state index in [9.17, 15) is 10.1 Å². The number of hydrogen-bond acceptors (Lipinski definition) is 4. The molecule has 1 saturated heterocycles. The van der Waals surface area contributed by atoms with Gasteiger partial charge in [-0.05, 0) is 35.4 Å². The van der Waals surface area contributed by atoms with E-state index < -0.39 is 11.4 Å². The second-order valence-electron chi connectivity index (χ2n) is 8.76. The van der Waals surface area contributed by atoms with Gasteiger partial charge in [0.15, 0.2) is 0 Å². The van der Waals surface area contributed by atoms with Gasteiger partial charge in [0.1, 0.15) is 5.41 Å².